The van der Waals surface area contributed by atoms with E-state index >= 15 is 0 Å². The van der Waals surface area contributed by atoms with Crippen LogP contribution in [0.4, 0.5) is 0 Å². The van der Waals surface area contributed by atoms with Crippen LogP contribution < -0.4 is 0 Å². The van der Waals surface area contributed by atoms with Crippen LogP contribution in [0.15, 0.2) is 146 Å². The summed E-state index contributed by atoms with van der Waals surface area (Å²) in [7, 11) is 0. The molecular formula is C67H106O6. The van der Waals surface area contributed by atoms with Crippen molar-refractivity contribution in [3.63, 3.8) is 0 Å². The van der Waals surface area contributed by atoms with Crippen molar-refractivity contribution in [3.05, 3.63) is 146 Å². The van der Waals surface area contributed by atoms with Crippen LogP contribution in [0, 0.1) is 0 Å². The highest BCUT2D eigenvalue weighted by molar-refractivity contribution is 5.71. The lowest BCUT2D eigenvalue weighted by Gasteiger charge is -2.18. The summed E-state index contributed by atoms with van der Waals surface area (Å²) in [6, 6.07) is 0. The summed E-state index contributed by atoms with van der Waals surface area (Å²) in [4.78, 5) is 38.0. The largest absolute Gasteiger partial charge is 0.462 e. The molecule has 0 heterocycles. The van der Waals surface area contributed by atoms with Gasteiger partial charge in [0.2, 0.25) is 0 Å². The molecule has 73 heavy (non-hydrogen) atoms. The number of allylic oxidation sites excluding steroid dienone is 24. The Kier molecular flexibility index (Phi) is 56.0. The van der Waals surface area contributed by atoms with Crippen LogP contribution in [0.25, 0.3) is 0 Å². The zero-order chi connectivity index (χ0) is 52.9. The standard InChI is InChI=1S/C67H106O6/c1-4-7-10-13-16-19-21-23-25-27-28-29-30-31-32-33-34-35-36-37-38-40-41-43-45-48-51-54-57-60-66(69)72-63-64(62-71-65(68)59-56-53-50-47-18-15-12-9-6-3)73-67(70)61-58-55-52-49-46-44-42-39-26-24-22-20-17-14-11-8-5-2/h7-8,10-11,16-17,19-20,23-26,28-29,31-32,34-35,37-38,42,44,49,52,64H,4-6,9,12-15,18,21-22,27,30,33,36,39-41,43,45-48,50-51,53-63H2,1-3H3/b10-7-,11-8-,19-16-,20-17-,25-23-,26-24-,29-28-,32-31-,35-34-,38-37-,44-42-,52-49-. The Morgan fingerprint density at radius 3 is 0.877 bits per heavy atom. The predicted molar refractivity (Wildman–Crippen MR) is 315 cm³/mol. The molecule has 0 spiro atoms. The first-order chi connectivity index (χ1) is 36.0. The quantitative estimate of drug-likeness (QED) is 0.0261. The summed E-state index contributed by atoms with van der Waals surface area (Å²) >= 11 is 0. The lowest BCUT2D eigenvalue weighted by atomic mass is 10.1. The first-order valence-electron chi connectivity index (χ1n) is 29.3. The zero-order valence-corrected chi connectivity index (χ0v) is 46.8. The maximum atomic E-state index is 12.8. The van der Waals surface area contributed by atoms with Crippen LogP contribution in [0.3, 0.4) is 0 Å². The summed E-state index contributed by atoms with van der Waals surface area (Å²) in [5.41, 5.74) is 0. The average Bonchev–Trinajstić information content (AvgIpc) is 3.39. The second-order valence-corrected chi connectivity index (χ2v) is 18.8. The van der Waals surface area contributed by atoms with Gasteiger partial charge < -0.3 is 14.2 Å². The van der Waals surface area contributed by atoms with Crippen LogP contribution in [0.1, 0.15) is 239 Å². The first-order valence-corrected chi connectivity index (χ1v) is 29.3. The predicted octanol–water partition coefficient (Wildman–Crippen LogP) is 20.0. The average molecular weight is 1010 g/mol. The van der Waals surface area contributed by atoms with E-state index in [1.165, 1.54) is 64.2 Å². The first kappa shape index (κ1) is 68.3. The number of unbranched alkanes of at least 4 members (excludes halogenated alkanes) is 16. The molecule has 0 aliphatic rings. The normalized spacial score (nSPS) is 13.2. The van der Waals surface area contributed by atoms with Crippen molar-refractivity contribution in [1.29, 1.82) is 0 Å². The number of hydrogen-bond acceptors (Lipinski definition) is 6. The molecule has 410 valence electrons. The van der Waals surface area contributed by atoms with Gasteiger partial charge in [-0.05, 0) is 116 Å². The van der Waals surface area contributed by atoms with Crippen LogP contribution >= 0.6 is 0 Å². The fourth-order valence-corrected chi connectivity index (χ4v) is 7.52. The molecule has 0 radical (unpaired) electrons. The Balaban J connectivity index is 4.34. The second kappa shape index (κ2) is 59.8. The minimum absolute atomic E-state index is 0.108. The van der Waals surface area contributed by atoms with E-state index in [2.05, 4.69) is 167 Å². The van der Waals surface area contributed by atoms with E-state index in [1.807, 2.05) is 0 Å². The van der Waals surface area contributed by atoms with Gasteiger partial charge in [-0.2, -0.15) is 0 Å². The molecule has 0 aromatic heterocycles. The molecule has 0 aromatic rings. The summed E-state index contributed by atoms with van der Waals surface area (Å²) in [5.74, 6) is -0.987. The maximum absolute atomic E-state index is 12.8. The molecule has 0 aliphatic carbocycles. The van der Waals surface area contributed by atoms with E-state index < -0.39 is 6.10 Å². The fourth-order valence-electron chi connectivity index (χ4n) is 7.52. The van der Waals surface area contributed by atoms with Gasteiger partial charge in [0.1, 0.15) is 13.2 Å². The number of rotatable bonds is 51. The molecule has 0 aliphatic heterocycles. The summed E-state index contributed by atoms with van der Waals surface area (Å²) in [5, 5.41) is 0. The SMILES string of the molecule is CC/C=C\C/C=C\C/C=C\C/C=C\C/C=C\C/C=C\C/C=C\CCCCCCCCCC(=O)OCC(COC(=O)CCCCCCCCCCC)OC(=O)CCC/C=C\C/C=C\C/C=C\C/C=C\C/C=C\CC. The molecule has 0 saturated heterocycles. The molecule has 0 fully saturated rings. The third-order valence-corrected chi connectivity index (χ3v) is 11.8. The minimum Gasteiger partial charge on any atom is -0.462 e. The summed E-state index contributed by atoms with van der Waals surface area (Å²) in [6.07, 6.45) is 85.7. The van der Waals surface area contributed by atoms with Crippen LogP contribution in [0.5, 0.6) is 0 Å². The van der Waals surface area contributed by atoms with Gasteiger partial charge >= 0.3 is 17.9 Å². The molecule has 0 N–H and O–H groups in total. The van der Waals surface area contributed by atoms with Crippen molar-refractivity contribution in [2.75, 3.05) is 13.2 Å². The van der Waals surface area contributed by atoms with E-state index in [0.717, 1.165) is 128 Å². The number of ether oxygens (including phenoxy) is 3. The van der Waals surface area contributed by atoms with Crippen molar-refractivity contribution in [2.45, 2.75) is 245 Å². The highest BCUT2D eigenvalue weighted by Gasteiger charge is 2.19. The number of carbonyl (C=O) groups is 3. The Morgan fingerprint density at radius 1 is 0.288 bits per heavy atom. The summed E-state index contributed by atoms with van der Waals surface area (Å²) in [6.45, 7) is 6.32. The topological polar surface area (TPSA) is 78.9 Å². The fraction of sp³-hybridized carbons (Fsp3) is 0.597. The maximum Gasteiger partial charge on any atom is 0.306 e. The number of esters is 3. The van der Waals surface area contributed by atoms with Gasteiger partial charge in [0.25, 0.3) is 0 Å². The summed E-state index contributed by atoms with van der Waals surface area (Å²) < 4.78 is 16.8. The van der Waals surface area contributed by atoms with Crippen LogP contribution in [-0.4, -0.2) is 37.2 Å². The Bertz CT molecular complexity index is 1630. The van der Waals surface area contributed by atoms with Crippen molar-refractivity contribution in [1.82, 2.24) is 0 Å². The third-order valence-electron chi connectivity index (χ3n) is 11.8. The zero-order valence-electron chi connectivity index (χ0n) is 46.8. The van der Waals surface area contributed by atoms with Crippen molar-refractivity contribution >= 4 is 17.9 Å². The van der Waals surface area contributed by atoms with E-state index in [9.17, 15) is 14.4 Å². The van der Waals surface area contributed by atoms with Gasteiger partial charge in [-0.1, -0.05) is 250 Å². The van der Waals surface area contributed by atoms with Gasteiger partial charge in [-0.25, -0.2) is 0 Å². The molecular weight excluding hydrogens is 901 g/mol. The molecule has 0 rings (SSSR count). The lowest BCUT2D eigenvalue weighted by Crippen LogP contribution is -2.30. The Hall–Kier alpha value is -4.71. The minimum atomic E-state index is -0.816. The van der Waals surface area contributed by atoms with Crippen molar-refractivity contribution in [2.24, 2.45) is 0 Å². The van der Waals surface area contributed by atoms with Crippen LogP contribution in [-0.2, 0) is 28.6 Å². The Morgan fingerprint density at radius 2 is 0.548 bits per heavy atom. The molecule has 0 amide bonds. The molecule has 6 heteroatoms. The third kappa shape index (κ3) is 58.1. The molecule has 1 atom stereocenters. The van der Waals surface area contributed by atoms with Gasteiger partial charge in [-0.3, -0.25) is 14.4 Å². The van der Waals surface area contributed by atoms with E-state index in [0.29, 0.717) is 19.3 Å². The number of hydrogen-bond donors (Lipinski definition) is 0. The smallest absolute Gasteiger partial charge is 0.306 e. The second-order valence-electron chi connectivity index (χ2n) is 18.8. The monoisotopic (exact) mass is 1010 g/mol. The highest BCUT2D eigenvalue weighted by atomic mass is 16.6. The van der Waals surface area contributed by atoms with E-state index in [4.69, 9.17) is 14.2 Å². The van der Waals surface area contributed by atoms with Gasteiger partial charge in [0.05, 0.1) is 0 Å². The molecule has 6 nitrogen and oxygen atoms in total. The molecule has 1 unspecified atom stereocenters. The van der Waals surface area contributed by atoms with E-state index in [-0.39, 0.29) is 37.5 Å². The van der Waals surface area contributed by atoms with Crippen molar-refractivity contribution < 1.29 is 28.6 Å². The molecule has 0 saturated carbocycles. The highest BCUT2D eigenvalue weighted by Crippen LogP contribution is 2.14. The van der Waals surface area contributed by atoms with Gasteiger partial charge in [-0.15, -0.1) is 0 Å². The Labute approximate surface area is 448 Å². The molecule has 0 aromatic carbocycles. The van der Waals surface area contributed by atoms with Gasteiger partial charge in [0, 0.05) is 19.3 Å². The van der Waals surface area contributed by atoms with Crippen LogP contribution in [0.2, 0.25) is 0 Å². The van der Waals surface area contributed by atoms with E-state index in [1.54, 1.807) is 0 Å². The number of carbonyl (C=O) groups excluding carboxylic acids is 3. The van der Waals surface area contributed by atoms with Gasteiger partial charge in [0.15, 0.2) is 6.10 Å². The van der Waals surface area contributed by atoms with Crippen molar-refractivity contribution in [3.8, 4) is 0 Å². The lowest BCUT2D eigenvalue weighted by molar-refractivity contribution is -0.167. The molecule has 0 bridgehead atoms.